The van der Waals surface area contributed by atoms with E-state index < -0.39 is 0 Å². The first kappa shape index (κ1) is 26.1. The van der Waals surface area contributed by atoms with Gasteiger partial charge in [-0.25, -0.2) is 9.97 Å². The van der Waals surface area contributed by atoms with Crippen LogP contribution >= 0.6 is 11.3 Å². The van der Waals surface area contributed by atoms with Crippen molar-refractivity contribution in [1.82, 2.24) is 24.8 Å². The van der Waals surface area contributed by atoms with Crippen molar-refractivity contribution in [2.75, 3.05) is 23.7 Å². The van der Waals surface area contributed by atoms with E-state index in [1.54, 1.807) is 24.4 Å². The number of para-hydroxylation sites is 1. The maximum atomic E-state index is 13.3. The molecule has 0 unspecified atom stereocenters. The zero-order valence-corrected chi connectivity index (χ0v) is 23.6. The second-order valence-corrected chi connectivity index (χ2v) is 12.4. The van der Waals surface area contributed by atoms with Crippen LogP contribution in [0.2, 0.25) is 0 Å². The van der Waals surface area contributed by atoms with E-state index in [4.69, 9.17) is 4.98 Å². The lowest BCUT2D eigenvalue weighted by Crippen LogP contribution is -2.32. The quantitative estimate of drug-likeness (QED) is 0.242. The number of nitrogens with zero attached hydrogens (tertiary/aromatic N) is 4. The van der Waals surface area contributed by atoms with Crippen LogP contribution < -0.4 is 10.6 Å². The molecule has 0 aliphatic carbocycles. The van der Waals surface area contributed by atoms with Gasteiger partial charge in [0.1, 0.15) is 11.2 Å². The van der Waals surface area contributed by atoms with Crippen molar-refractivity contribution >= 4 is 56.0 Å². The summed E-state index contributed by atoms with van der Waals surface area (Å²) >= 11 is 1.54. The minimum absolute atomic E-state index is 0.246. The molecular formula is C30H31N7O2S. The van der Waals surface area contributed by atoms with Crippen molar-refractivity contribution in [3.63, 3.8) is 0 Å². The van der Waals surface area contributed by atoms with E-state index >= 15 is 0 Å². The van der Waals surface area contributed by atoms with Gasteiger partial charge in [0.25, 0.3) is 11.8 Å². The molecule has 0 saturated heterocycles. The molecule has 0 fully saturated rings. The van der Waals surface area contributed by atoms with Crippen molar-refractivity contribution in [2.24, 2.45) is 5.41 Å². The van der Waals surface area contributed by atoms with Crippen LogP contribution in [0.3, 0.4) is 0 Å². The van der Waals surface area contributed by atoms with Gasteiger partial charge in [0, 0.05) is 36.0 Å². The number of carbonyl (C=O) groups excluding carboxylic acids is 2. The number of carbonyl (C=O) groups is 2. The first-order valence-corrected chi connectivity index (χ1v) is 14.2. The maximum Gasteiger partial charge on any atom is 0.276 e. The van der Waals surface area contributed by atoms with E-state index in [0.29, 0.717) is 27.1 Å². The smallest absolute Gasteiger partial charge is 0.276 e. The predicted molar refractivity (Wildman–Crippen MR) is 159 cm³/mol. The molecule has 0 bridgehead atoms. The highest BCUT2D eigenvalue weighted by atomic mass is 32.1. The number of hydrogen-bond donors (Lipinski definition) is 3. The van der Waals surface area contributed by atoms with Gasteiger partial charge in [0.15, 0.2) is 5.13 Å². The normalized spacial score (nSPS) is 13.9. The molecule has 40 heavy (non-hydrogen) atoms. The SMILES string of the molecule is CC(C)(C)CCN1CCc2nc(NC(=O)c3cccc4[nH]c(NC(=O)c5cc6ccccc6cn5)nc34)sc2C1. The van der Waals surface area contributed by atoms with Gasteiger partial charge >= 0.3 is 0 Å². The van der Waals surface area contributed by atoms with E-state index in [1.807, 2.05) is 30.3 Å². The number of pyridine rings is 1. The highest BCUT2D eigenvalue weighted by Crippen LogP contribution is 2.30. The van der Waals surface area contributed by atoms with E-state index in [1.165, 1.54) is 16.2 Å². The third-order valence-corrected chi connectivity index (χ3v) is 8.06. The lowest BCUT2D eigenvalue weighted by Gasteiger charge is -2.29. The fraction of sp³-hybridized carbons (Fsp3) is 0.300. The number of hydrogen-bond acceptors (Lipinski definition) is 7. The number of benzene rings is 2. The molecule has 1 aliphatic heterocycles. The Balaban J connectivity index is 1.16. The van der Waals surface area contributed by atoms with Crippen molar-refractivity contribution in [3.8, 4) is 0 Å². The summed E-state index contributed by atoms with van der Waals surface area (Å²) in [6, 6.07) is 14.8. The van der Waals surface area contributed by atoms with Gasteiger partial charge in [-0.15, -0.1) is 11.3 Å². The van der Waals surface area contributed by atoms with Gasteiger partial charge in [0.2, 0.25) is 5.95 Å². The van der Waals surface area contributed by atoms with Crippen LogP contribution in [0.15, 0.2) is 54.7 Å². The number of fused-ring (bicyclic) bond motifs is 3. The van der Waals surface area contributed by atoms with E-state index in [0.717, 1.165) is 48.9 Å². The molecule has 4 heterocycles. The molecule has 2 amide bonds. The highest BCUT2D eigenvalue weighted by molar-refractivity contribution is 7.15. The van der Waals surface area contributed by atoms with Crippen molar-refractivity contribution < 1.29 is 9.59 Å². The third kappa shape index (κ3) is 5.59. The van der Waals surface area contributed by atoms with Crippen molar-refractivity contribution in [2.45, 2.75) is 40.2 Å². The average molecular weight is 554 g/mol. The van der Waals surface area contributed by atoms with Gasteiger partial charge in [-0.2, -0.15) is 0 Å². The summed E-state index contributed by atoms with van der Waals surface area (Å²) in [5.41, 5.74) is 3.16. The Bertz CT molecular complexity index is 1730. The Kier molecular flexibility index (Phi) is 6.81. The number of thiazole rings is 1. The fourth-order valence-corrected chi connectivity index (χ4v) is 5.85. The molecule has 3 aromatic heterocycles. The fourth-order valence-electron chi connectivity index (χ4n) is 4.80. The number of imidazole rings is 1. The molecule has 0 atom stereocenters. The molecule has 0 spiro atoms. The molecule has 1 aliphatic rings. The van der Waals surface area contributed by atoms with Gasteiger partial charge in [-0.3, -0.25) is 30.1 Å². The summed E-state index contributed by atoms with van der Waals surface area (Å²) in [6.45, 7) is 9.70. The Morgan fingerprint density at radius 3 is 2.67 bits per heavy atom. The summed E-state index contributed by atoms with van der Waals surface area (Å²) in [5, 5.41) is 8.21. The molecule has 0 saturated carbocycles. The standard InChI is InChI=1S/C30H31N7O2S/c1-30(2,3)12-14-37-13-11-21-24(17-37)40-29(33-21)36-26(38)20-9-6-10-22-25(20)34-28(32-22)35-27(39)23-15-18-7-4-5-8-19(18)16-31-23/h4-10,15-16H,11-14,17H2,1-3H3,(H,33,36,38)(H2,32,34,35,39). The highest BCUT2D eigenvalue weighted by Gasteiger charge is 2.24. The molecule has 6 rings (SSSR count). The second-order valence-electron chi connectivity index (χ2n) is 11.3. The minimum Gasteiger partial charge on any atom is -0.324 e. The molecule has 5 aromatic rings. The Morgan fingerprint density at radius 1 is 1.02 bits per heavy atom. The number of nitrogens with one attached hydrogen (secondary N) is 3. The molecule has 3 N–H and O–H groups in total. The van der Waals surface area contributed by atoms with Gasteiger partial charge in [-0.05, 0) is 42.0 Å². The van der Waals surface area contributed by atoms with Gasteiger partial charge < -0.3 is 4.98 Å². The Hall–Kier alpha value is -4.15. The Labute approximate surface area is 236 Å². The van der Waals surface area contributed by atoms with Crippen LogP contribution in [0.1, 0.15) is 58.6 Å². The van der Waals surface area contributed by atoms with E-state index in [9.17, 15) is 9.59 Å². The Morgan fingerprint density at radius 2 is 1.85 bits per heavy atom. The molecule has 2 aromatic carbocycles. The van der Waals surface area contributed by atoms with Gasteiger partial charge in [-0.1, -0.05) is 51.1 Å². The zero-order valence-electron chi connectivity index (χ0n) is 22.7. The zero-order chi connectivity index (χ0) is 27.9. The monoisotopic (exact) mass is 553 g/mol. The number of rotatable bonds is 6. The van der Waals surface area contributed by atoms with Crippen LogP contribution in [0.5, 0.6) is 0 Å². The number of aromatic nitrogens is 4. The molecular weight excluding hydrogens is 522 g/mol. The number of aromatic amines is 1. The van der Waals surface area contributed by atoms with Crippen LogP contribution in [-0.4, -0.2) is 49.7 Å². The topological polar surface area (TPSA) is 116 Å². The molecule has 204 valence electrons. The summed E-state index contributed by atoms with van der Waals surface area (Å²) in [5.74, 6) is -0.433. The first-order chi connectivity index (χ1) is 19.2. The van der Waals surface area contributed by atoms with Crippen molar-refractivity contribution in [1.29, 1.82) is 0 Å². The second kappa shape index (κ2) is 10.4. The largest absolute Gasteiger partial charge is 0.324 e. The van der Waals surface area contributed by atoms with Crippen molar-refractivity contribution in [3.05, 3.63) is 76.6 Å². The minimum atomic E-state index is -0.388. The maximum absolute atomic E-state index is 13.3. The lowest BCUT2D eigenvalue weighted by molar-refractivity contribution is 0.101. The number of H-pyrrole nitrogens is 1. The van der Waals surface area contributed by atoms with Crippen LogP contribution in [0, 0.1) is 5.41 Å². The summed E-state index contributed by atoms with van der Waals surface area (Å²) in [6.07, 6.45) is 3.70. The summed E-state index contributed by atoms with van der Waals surface area (Å²) in [7, 11) is 0. The molecule has 10 heteroatoms. The van der Waals surface area contributed by atoms with Gasteiger partial charge in [0.05, 0.1) is 16.8 Å². The van der Waals surface area contributed by atoms with Crippen LogP contribution in [0.4, 0.5) is 11.1 Å². The van der Waals surface area contributed by atoms with Crippen LogP contribution in [-0.2, 0) is 13.0 Å². The van der Waals surface area contributed by atoms with E-state index in [-0.39, 0.29) is 23.5 Å². The molecule has 0 radical (unpaired) electrons. The van der Waals surface area contributed by atoms with Crippen LogP contribution in [0.25, 0.3) is 21.8 Å². The lowest BCUT2D eigenvalue weighted by atomic mass is 9.92. The number of amides is 2. The predicted octanol–water partition coefficient (Wildman–Crippen LogP) is 5.87. The van der Waals surface area contributed by atoms with E-state index in [2.05, 4.69) is 51.3 Å². The number of anilines is 2. The third-order valence-electron chi connectivity index (χ3n) is 7.06. The molecule has 9 nitrogen and oxygen atoms in total. The summed E-state index contributed by atoms with van der Waals surface area (Å²) < 4.78 is 0. The summed E-state index contributed by atoms with van der Waals surface area (Å²) in [4.78, 5) is 46.4. The average Bonchev–Trinajstić information content (AvgIpc) is 3.53. The first-order valence-electron chi connectivity index (χ1n) is 13.4.